The lowest BCUT2D eigenvalue weighted by atomic mass is 9.93. The smallest absolute Gasteiger partial charge is 0.170 e. The van der Waals surface area contributed by atoms with Gasteiger partial charge in [-0.2, -0.15) is 0 Å². The number of rotatable bonds is 2. The topological polar surface area (TPSA) is 44.3 Å². The molecule has 0 aliphatic heterocycles. The Bertz CT molecular complexity index is 402. The van der Waals surface area contributed by atoms with E-state index in [1.165, 1.54) is 12.1 Å². The summed E-state index contributed by atoms with van der Waals surface area (Å²) >= 11 is 5.20. The van der Waals surface area contributed by atoms with Crippen molar-refractivity contribution < 1.29 is 9.50 Å². The molecule has 3 nitrogen and oxygen atoms in total. The quantitative estimate of drug-likeness (QED) is 0.721. The predicted molar refractivity (Wildman–Crippen MR) is 74.0 cm³/mol. The fraction of sp³-hybridized carbons (Fsp3) is 0.462. The number of thiocarbonyl (C=S) groups is 1. The van der Waals surface area contributed by atoms with Gasteiger partial charge in [0.15, 0.2) is 5.11 Å². The third-order valence-electron chi connectivity index (χ3n) is 3.13. The van der Waals surface area contributed by atoms with Crippen LogP contribution in [0.1, 0.15) is 25.7 Å². The molecule has 18 heavy (non-hydrogen) atoms. The number of halogens is 1. The second kappa shape index (κ2) is 6.11. The summed E-state index contributed by atoms with van der Waals surface area (Å²) in [5, 5.41) is 16.2. The molecule has 0 radical (unpaired) electrons. The number of anilines is 1. The lowest BCUT2D eigenvalue weighted by molar-refractivity contribution is 0.120. The number of aliphatic hydroxyl groups excluding tert-OH is 1. The van der Waals surface area contributed by atoms with E-state index in [1.54, 1.807) is 12.1 Å². The summed E-state index contributed by atoms with van der Waals surface area (Å²) in [6.07, 6.45) is 3.31. The maximum Gasteiger partial charge on any atom is 0.170 e. The van der Waals surface area contributed by atoms with Gasteiger partial charge in [-0.25, -0.2) is 4.39 Å². The van der Waals surface area contributed by atoms with Crippen LogP contribution in [0.15, 0.2) is 24.3 Å². The average Bonchev–Trinajstić information content (AvgIpc) is 2.35. The highest BCUT2D eigenvalue weighted by Crippen LogP contribution is 2.18. The molecule has 0 amide bonds. The van der Waals surface area contributed by atoms with E-state index < -0.39 is 0 Å². The Hall–Kier alpha value is -1.20. The molecular formula is C13H17FN2OS. The Kier molecular flexibility index (Phi) is 4.49. The molecule has 0 heterocycles. The second-order valence-corrected chi connectivity index (χ2v) is 5.02. The first-order valence-corrected chi connectivity index (χ1v) is 6.55. The van der Waals surface area contributed by atoms with Gasteiger partial charge in [-0.05, 0) is 62.2 Å². The maximum atomic E-state index is 12.7. The summed E-state index contributed by atoms with van der Waals surface area (Å²) in [5.41, 5.74) is 0.768. The Balaban J connectivity index is 1.80. The highest BCUT2D eigenvalue weighted by atomic mass is 32.1. The molecule has 1 aliphatic carbocycles. The van der Waals surface area contributed by atoms with Gasteiger partial charge in [0.05, 0.1) is 6.10 Å². The average molecular weight is 268 g/mol. The van der Waals surface area contributed by atoms with Crippen LogP contribution in [0.5, 0.6) is 0 Å². The fourth-order valence-electron chi connectivity index (χ4n) is 2.11. The zero-order valence-electron chi connectivity index (χ0n) is 10.0. The van der Waals surface area contributed by atoms with E-state index in [2.05, 4.69) is 10.6 Å². The molecule has 0 unspecified atom stereocenters. The van der Waals surface area contributed by atoms with Crippen molar-refractivity contribution in [1.29, 1.82) is 0 Å². The molecule has 1 fully saturated rings. The second-order valence-electron chi connectivity index (χ2n) is 4.61. The molecule has 3 N–H and O–H groups in total. The molecule has 0 saturated heterocycles. The number of aliphatic hydroxyl groups is 1. The van der Waals surface area contributed by atoms with E-state index in [0.717, 1.165) is 31.4 Å². The first kappa shape index (κ1) is 13.2. The summed E-state index contributed by atoms with van der Waals surface area (Å²) in [7, 11) is 0. The van der Waals surface area contributed by atoms with E-state index in [0.29, 0.717) is 11.2 Å². The van der Waals surface area contributed by atoms with Crippen LogP contribution in [0, 0.1) is 5.82 Å². The van der Waals surface area contributed by atoms with Crippen molar-refractivity contribution in [2.24, 2.45) is 0 Å². The van der Waals surface area contributed by atoms with Gasteiger partial charge in [0.1, 0.15) is 5.82 Å². The molecular weight excluding hydrogens is 251 g/mol. The molecule has 1 aromatic carbocycles. The van der Waals surface area contributed by atoms with Crippen molar-refractivity contribution in [3.05, 3.63) is 30.1 Å². The summed E-state index contributed by atoms with van der Waals surface area (Å²) in [6.45, 7) is 0. The third-order valence-corrected chi connectivity index (χ3v) is 3.35. The van der Waals surface area contributed by atoms with Gasteiger partial charge in [0.2, 0.25) is 0 Å². The molecule has 0 bridgehead atoms. The monoisotopic (exact) mass is 268 g/mol. The SMILES string of the molecule is OC1CCC(NC(=S)Nc2ccc(F)cc2)CC1. The minimum absolute atomic E-state index is 0.165. The predicted octanol–water partition coefficient (Wildman–Crippen LogP) is 2.42. The molecule has 1 saturated carbocycles. The summed E-state index contributed by atoms with van der Waals surface area (Å²) in [6, 6.07) is 6.39. The van der Waals surface area contributed by atoms with Crippen molar-refractivity contribution in [1.82, 2.24) is 5.32 Å². The minimum Gasteiger partial charge on any atom is -0.393 e. The van der Waals surface area contributed by atoms with Crippen molar-refractivity contribution in [3.63, 3.8) is 0 Å². The van der Waals surface area contributed by atoms with Crippen LogP contribution >= 0.6 is 12.2 Å². The zero-order chi connectivity index (χ0) is 13.0. The lowest BCUT2D eigenvalue weighted by Gasteiger charge is -2.27. The van der Waals surface area contributed by atoms with Crippen molar-refractivity contribution in [2.75, 3.05) is 5.32 Å². The highest BCUT2D eigenvalue weighted by molar-refractivity contribution is 7.80. The van der Waals surface area contributed by atoms with Gasteiger partial charge in [-0.1, -0.05) is 0 Å². The van der Waals surface area contributed by atoms with Crippen molar-refractivity contribution in [3.8, 4) is 0 Å². The minimum atomic E-state index is -0.263. The van der Waals surface area contributed by atoms with E-state index in [4.69, 9.17) is 12.2 Å². The highest BCUT2D eigenvalue weighted by Gasteiger charge is 2.19. The van der Waals surface area contributed by atoms with Gasteiger partial charge in [-0.3, -0.25) is 0 Å². The first-order valence-electron chi connectivity index (χ1n) is 6.14. The molecule has 98 valence electrons. The zero-order valence-corrected chi connectivity index (χ0v) is 10.8. The Morgan fingerprint density at radius 2 is 1.78 bits per heavy atom. The van der Waals surface area contributed by atoms with Crippen LogP contribution in [0.2, 0.25) is 0 Å². The summed E-state index contributed by atoms with van der Waals surface area (Å²) in [4.78, 5) is 0. The fourth-order valence-corrected chi connectivity index (χ4v) is 2.39. The van der Waals surface area contributed by atoms with Gasteiger partial charge < -0.3 is 15.7 Å². The van der Waals surface area contributed by atoms with Crippen LogP contribution in [0.3, 0.4) is 0 Å². The van der Waals surface area contributed by atoms with E-state index in [1.807, 2.05) is 0 Å². The van der Waals surface area contributed by atoms with E-state index in [9.17, 15) is 9.50 Å². The molecule has 0 atom stereocenters. The summed E-state index contributed by atoms with van der Waals surface area (Å²) < 4.78 is 12.7. The molecule has 0 spiro atoms. The van der Waals surface area contributed by atoms with Gasteiger partial charge in [0.25, 0.3) is 0 Å². The van der Waals surface area contributed by atoms with Crippen LogP contribution < -0.4 is 10.6 Å². The number of nitrogens with one attached hydrogen (secondary N) is 2. The largest absolute Gasteiger partial charge is 0.393 e. The molecule has 1 aromatic rings. The number of hydrogen-bond acceptors (Lipinski definition) is 2. The lowest BCUT2D eigenvalue weighted by Crippen LogP contribution is -2.40. The van der Waals surface area contributed by atoms with Crippen molar-refractivity contribution in [2.45, 2.75) is 37.8 Å². The Morgan fingerprint density at radius 1 is 1.17 bits per heavy atom. The van der Waals surface area contributed by atoms with E-state index >= 15 is 0 Å². The number of benzene rings is 1. The van der Waals surface area contributed by atoms with Gasteiger partial charge >= 0.3 is 0 Å². The molecule has 1 aliphatic rings. The number of hydrogen-bond donors (Lipinski definition) is 3. The molecule has 5 heteroatoms. The van der Waals surface area contributed by atoms with Crippen LogP contribution in [-0.2, 0) is 0 Å². The van der Waals surface area contributed by atoms with Gasteiger partial charge in [-0.15, -0.1) is 0 Å². The summed E-state index contributed by atoms with van der Waals surface area (Å²) in [5.74, 6) is -0.263. The maximum absolute atomic E-state index is 12.7. The first-order chi connectivity index (χ1) is 8.63. The van der Waals surface area contributed by atoms with Crippen LogP contribution in [0.25, 0.3) is 0 Å². The molecule has 2 rings (SSSR count). The van der Waals surface area contributed by atoms with Crippen molar-refractivity contribution >= 4 is 23.0 Å². The van der Waals surface area contributed by atoms with Crippen LogP contribution in [0.4, 0.5) is 10.1 Å². The third kappa shape index (κ3) is 3.92. The Morgan fingerprint density at radius 3 is 2.39 bits per heavy atom. The Labute approximate surface area is 111 Å². The van der Waals surface area contributed by atoms with E-state index in [-0.39, 0.29) is 11.9 Å². The normalized spacial score (nSPS) is 23.4. The van der Waals surface area contributed by atoms with Gasteiger partial charge in [0, 0.05) is 11.7 Å². The standard InChI is InChI=1S/C13H17FN2OS/c14-9-1-3-10(4-2-9)15-13(18)16-11-5-7-12(17)8-6-11/h1-4,11-12,17H,5-8H2,(H2,15,16,18). The van der Waals surface area contributed by atoms with Crippen LogP contribution in [-0.4, -0.2) is 22.4 Å². The molecule has 0 aromatic heterocycles.